The summed E-state index contributed by atoms with van der Waals surface area (Å²) in [7, 11) is 0. The van der Waals surface area contributed by atoms with Crippen LogP contribution in [0.1, 0.15) is 22.3 Å². The molecule has 0 unspecified atom stereocenters. The summed E-state index contributed by atoms with van der Waals surface area (Å²) < 4.78 is 4.39. The van der Waals surface area contributed by atoms with E-state index in [4.69, 9.17) is 15.0 Å². The molecule has 13 rings (SSSR count). The average molecular weight is 726 g/mol. The molecule has 0 saturated heterocycles. The number of hydrogen-bond donors (Lipinski definition) is 0. The lowest BCUT2D eigenvalue weighted by Crippen LogP contribution is -2.25. The van der Waals surface area contributed by atoms with Gasteiger partial charge in [0.25, 0.3) is 0 Å². The fourth-order valence-electron chi connectivity index (χ4n) is 10.2. The number of aromatic nitrogens is 5. The maximum atomic E-state index is 5.42. The largest absolute Gasteiger partial charge is 0.278 e. The number of rotatable bonds is 3. The smallest absolute Gasteiger partial charge is 0.240 e. The number of hydrogen-bond acceptors (Lipinski definition) is 3. The molecule has 5 heteroatoms. The lowest BCUT2D eigenvalue weighted by Gasteiger charge is -2.30. The second-order valence-corrected chi connectivity index (χ2v) is 15.1. The molecule has 0 radical (unpaired) electrons. The standard InChI is InChI=1S/C52H31N5/c1-8-22-41-33(15-1)34-16-2-9-23-42(34)52(41)43-24-10-3-17-35(43)36-30-29-32(31-44(36)52)49-53-50(56-45-25-11-4-18-37(45)38-19-5-12-26-46(38)56)55-51(54-49)57-47-27-13-6-20-39(47)40-21-7-14-28-48(40)57/h1-31H. The topological polar surface area (TPSA) is 48.5 Å². The van der Waals surface area contributed by atoms with Gasteiger partial charge in [-0.15, -0.1) is 0 Å². The lowest BCUT2D eigenvalue weighted by atomic mass is 9.70. The van der Waals surface area contributed by atoms with Crippen LogP contribution in [0.25, 0.3) is 89.2 Å². The van der Waals surface area contributed by atoms with Crippen molar-refractivity contribution in [2.75, 3.05) is 0 Å². The number of benzene rings is 8. The molecule has 1 spiro atoms. The zero-order chi connectivity index (χ0) is 37.2. The van der Waals surface area contributed by atoms with Crippen molar-refractivity contribution < 1.29 is 0 Å². The van der Waals surface area contributed by atoms with Crippen LogP contribution in [0.15, 0.2) is 188 Å². The first-order chi connectivity index (χ1) is 28.3. The highest BCUT2D eigenvalue weighted by Gasteiger charge is 2.51. The van der Waals surface area contributed by atoms with Gasteiger partial charge in [-0.3, -0.25) is 9.13 Å². The van der Waals surface area contributed by atoms with Crippen molar-refractivity contribution >= 4 is 43.6 Å². The van der Waals surface area contributed by atoms with Crippen molar-refractivity contribution in [3.63, 3.8) is 0 Å². The second kappa shape index (κ2) is 11.2. The van der Waals surface area contributed by atoms with Crippen LogP contribution in [-0.4, -0.2) is 24.1 Å². The summed E-state index contributed by atoms with van der Waals surface area (Å²) in [6.45, 7) is 0. The van der Waals surface area contributed by atoms with Gasteiger partial charge in [-0.25, -0.2) is 0 Å². The van der Waals surface area contributed by atoms with E-state index in [0.717, 1.165) is 49.2 Å². The van der Waals surface area contributed by atoms with Gasteiger partial charge in [0.2, 0.25) is 11.9 Å². The third-order valence-corrected chi connectivity index (χ3v) is 12.4. The zero-order valence-electron chi connectivity index (χ0n) is 30.6. The molecule has 0 saturated carbocycles. The van der Waals surface area contributed by atoms with E-state index in [1.807, 2.05) is 0 Å². The highest BCUT2D eigenvalue weighted by atomic mass is 15.3. The van der Waals surface area contributed by atoms with Crippen LogP contribution >= 0.6 is 0 Å². The van der Waals surface area contributed by atoms with Crippen molar-refractivity contribution in [1.29, 1.82) is 0 Å². The minimum absolute atomic E-state index is 0.479. The Morgan fingerprint density at radius 3 is 1.09 bits per heavy atom. The van der Waals surface area contributed by atoms with E-state index in [-0.39, 0.29) is 0 Å². The molecule has 3 aromatic heterocycles. The Morgan fingerprint density at radius 1 is 0.316 bits per heavy atom. The average Bonchev–Trinajstić information content (AvgIpc) is 3.98. The molecule has 0 bridgehead atoms. The monoisotopic (exact) mass is 725 g/mol. The molecular formula is C52H31N5. The molecule has 0 N–H and O–H groups in total. The third kappa shape index (κ3) is 3.94. The van der Waals surface area contributed by atoms with Crippen molar-refractivity contribution in [3.05, 3.63) is 210 Å². The minimum atomic E-state index is -0.479. The Hall–Kier alpha value is -7.63. The van der Waals surface area contributed by atoms with Gasteiger partial charge in [-0.2, -0.15) is 15.0 Å². The van der Waals surface area contributed by atoms with Crippen LogP contribution in [0.2, 0.25) is 0 Å². The van der Waals surface area contributed by atoms with Crippen LogP contribution in [0.3, 0.4) is 0 Å². The van der Waals surface area contributed by atoms with Crippen LogP contribution in [0.4, 0.5) is 0 Å². The van der Waals surface area contributed by atoms with Crippen LogP contribution in [-0.2, 0) is 5.41 Å². The second-order valence-electron chi connectivity index (χ2n) is 15.1. The number of fused-ring (bicyclic) bond motifs is 16. The predicted molar refractivity (Wildman–Crippen MR) is 230 cm³/mol. The molecule has 0 amide bonds. The van der Waals surface area contributed by atoms with E-state index < -0.39 is 5.41 Å². The van der Waals surface area contributed by atoms with Gasteiger partial charge in [0.1, 0.15) is 0 Å². The molecule has 2 aliphatic rings. The molecule has 0 atom stereocenters. The molecule has 57 heavy (non-hydrogen) atoms. The molecule has 3 heterocycles. The minimum Gasteiger partial charge on any atom is -0.278 e. The highest BCUT2D eigenvalue weighted by Crippen LogP contribution is 2.63. The van der Waals surface area contributed by atoms with Crippen molar-refractivity contribution in [1.82, 2.24) is 24.1 Å². The molecule has 2 aliphatic carbocycles. The zero-order valence-corrected chi connectivity index (χ0v) is 30.6. The van der Waals surface area contributed by atoms with Crippen molar-refractivity contribution in [2.24, 2.45) is 0 Å². The molecule has 0 aliphatic heterocycles. The summed E-state index contributed by atoms with van der Waals surface area (Å²) in [6, 6.07) is 67.7. The van der Waals surface area contributed by atoms with Gasteiger partial charge in [0.15, 0.2) is 5.82 Å². The van der Waals surface area contributed by atoms with E-state index in [9.17, 15) is 0 Å². The Kier molecular flexibility index (Phi) is 6.04. The number of nitrogens with zero attached hydrogens (tertiary/aromatic N) is 5. The molecule has 5 nitrogen and oxygen atoms in total. The van der Waals surface area contributed by atoms with E-state index in [0.29, 0.717) is 17.7 Å². The third-order valence-electron chi connectivity index (χ3n) is 12.4. The molecule has 8 aromatic carbocycles. The van der Waals surface area contributed by atoms with E-state index >= 15 is 0 Å². The highest BCUT2D eigenvalue weighted by molar-refractivity contribution is 6.10. The van der Waals surface area contributed by atoms with Gasteiger partial charge in [0, 0.05) is 27.1 Å². The predicted octanol–water partition coefficient (Wildman–Crippen LogP) is 12.1. The Balaban J connectivity index is 1.13. The van der Waals surface area contributed by atoms with Crippen molar-refractivity contribution in [3.8, 4) is 45.5 Å². The fraction of sp³-hybridized carbons (Fsp3) is 0.0192. The summed E-state index contributed by atoms with van der Waals surface area (Å²) in [5.41, 5.74) is 14.9. The first kappa shape index (κ1) is 30.7. The summed E-state index contributed by atoms with van der Waals surface area (Å²) in [6.07, 6.45) is 0. The van der Waals surface area contributed by atoms with E-state index in [1.165, 1.54) is 44.5 Å². The van der Waals surface area contributed by atoms with Crippen molar-refractivity contribution in [2.45, 2.75) is 5.41 Å². The molecule has 264 valence electrons. The molecular weight excluding hydrogens is 695 g/mol. The quantitative estimate of drug-likeness (QED) is 0.182. The maximum Gasteiger partial charge on any atom is 0.240 e. The van der Waals surface area contributed by atoms with E-state index in [1.54, 1.807) is 0 Å². The first-order valence-electron chi connectivity index (χ1n) is 19.5. The van der Waals surface area contributed by atoms with Gasteiger partial charge in [-0.05, 0) is 74.8 Å². The summed E-state index contributed by atoms with van der Waals surface area (Å²) in [5, 5.41) is 4.63. The molecule has 0 fully saturated rings. The SMILES string of the molecule is c1ccc2c(c1)-c1ccccc1C21c2ccccc2-c2ccc(-c3nc(-n4c5ccccc5c5ccccc54)nc(-n4c5ccccc5c5ccccc54)n3)cc21. The Bertz CT molecular complexity index is 3190. The normalized spacial score (nSPS) is 13.4. The summed E-state index contributed by atoms with van der Waals surface area (Å²) in [4.78, 5) is 16.2. The van der Waals surface area contributed by atoms with Crippen LogP contribution in [0, 0.1) is 0 Å². The van der Waals surface area contributed by atoms with Gasteiger partial charge in [-0.1, -0.05) is 158 Å². The van der Waals surface area contributed by atoms with Gasteiger partial charge in [0.05, 0.1) is 27.5 Å². The molecule has 11 aromatic rings. The summed E-state index contributed by atoms with van der Waals surface area (Å²) >= 11 is 0. The first-order valence-corrected chi connectivity index (χ1v) is 19.5. The Labute approximate surface area is 327 Å². The van der Waals surface area contributed by atoms with E-state index in [2.05, 4.69) is 197 Å². The van der Waals surface area contributed by atoms with Gasteiger partial charge < -0.3 is 0 Å². The summed E-state index contributed by atoms with van der Waals surface area (Å²) in [5.74, 6) is 1.76. The number of para-hydroxylation sites is 4. The van der Waals surface area contributed by atoms with Crippen LogP contribution in [0.5, 0.6) is 0 Å². The fourth-order valence-corrected chi connectivity index (χ4v) is 10.2. The maximum absolute atomic E-state index is 5.42. The van der Waals surface area contributed by atoms with Crippen LogP contribution < -0.4 is 0 Å². The lowest BCUT2D eigenvalue weighted by molar-refractivity contribution is 0.793. The van der Waals surface area contributed by atoms with Gasteiger partial charge >= 0.3 is 0 Å². The Morgan fingerprint density at radius 2 is 0.667 bits per heavy atom.